The lowest BCUT2D eigenvalue weighted by Crippen LogP contribution is -2.42. The molecule has 0 radical (unpaired) electrons. The van der Waals surface area contributed by atoms with Crippen LogP contribution in [0, 0.1) is 5.92 Å². The molecule has 1 aromatic rings. The maximum Gasteiger partial charge on any atom is 0.416 e. The highest BCUT2D eigenvalue weighted by atomic mass is 32.2. The van der Waals surface area contributed by atoms with Gasteiger partial charge in [-0.2, -0.15) is 17.9 Å². The van der Waals surface area contributed by atoms with Crippen molar-refractivity contribution in [2.45, 2.75) is 37.4 Å². The van der Waals surface area contributed by atoms with Gasteiger partial charge in [0.2, 0.25) is 10.0 Å². The van der Waals surface area contributed by atoms with Gasteiger partial charge in [-0.15, -0.1) is 0 Å². The summed E-state index contributed by atoms with van der Waals surface area (Å²) in [5, 5.41) is 0. The van der Waals surface area contributed by atoms with Crippen molar-refractivity contribution >= 4 is 16.0 Å². The van der Waals surface area contributed by atoms with Crippen LogP contribution >= 0.6 is 0 Å². The van der Waals surface area contributed by atoms with Crippen LogP contribution in [0.15, 0.2) is 29.2 Å². The Kier molecular flexibility index (Phi) is 6.18. The molecule has 0 aliphatic rings. The molecule has 0 heterocycles. The van der Waals surface area contributed by atoms with Gasteiger partial charge >= 0.3 is 12.1 Å². The molecule has 0 aromatic heterocycles. The predicted molar refractivity (Wildman–Crippen MR) is 77.0 cm³/mol. The van der Waals surface area contributed by atoms with Gasteiger partial charge in [-0.05, 0) is 36.6 Å². The number of carbonyl (C=O) groups excluding carboxylic acids is 1. The Bertz CT molecular complexity index is 639. The number of hydrogen-bond donors (Lipinski definition) is 1. The minimum Gasteiger partial charge on any atom is -0.468 e. The van der Waals surface area contributed by atoms with Gasteiger partial charge < -0.3 is 4.74 Å². The molecule has 0 saturated heterocycles. The molecule has 1 N–H and O–H groups in total. The van der Waals surface area contributed by atoms with Gasteiger partial charge in [-0.3, -0.25) is 4.79 Å². The number of halogens is 3. The highest BCUT2D eigenvalue weighted by Gasteiger charge is 2.31. The fraction of sp³-hybridized carbons (Fsp3) is 0.500. The summed E-state index contributed by atoms with van der Waals surface area (Å²) in [4.78, 5) is 11.3. The summed E-state index contributed by atoms with van der Waals surface area (Å²) < 4.78 is 68.6. The molecular weight excluding hydrogens is 335 g/mol. The number of hydrogen-bond acceptors (Lipinski definition) is 4. The number of rotatable bonds is 6. The fourth-order valence-corrected chi connectivity index (χ4v) is 3.08. The van der Waals surface area contributed by atoms with Crippen molar-refractivity contribution in [3.05, 3.63) is 29.8 Å². The molecule has 0 aliphatic heterocycles. The Morgan fingerprint density at radius 3 is 2.13 bits per heavy atom. The van der Waals surface area contributed by atoms with E-state index in [0.29, 0.717) is 12.1 Å². The van der Waals surface area contributed by atoms with E-state index in [9.17, 15) is 26.4 Å². The van der Waals surface area contributed by atoms with E-state index in [1.807, 2.05) is 0 Å². The number of alkyl halides is 3. The molecule has 0 spiro atoms. The maximum absolute atomic E-state index is 12.5. The minimum atomic E-state index is -4.55. The Morgan fingerprint density at radius 2 is 1.74 bits per heavy atom. The molecule has 5 nitrogen and oxygen atoms in total. The van der Waals surface area contributed by atoms with Gasteiger partial charge in [-0.1, -0.05) is 13.8 Å². The normalized spacial score (nSPS) is 13.9. The van der Waals surface area contributed by atoms with Gasteiger partial charge in [0.25, 0.3) is 0 Å². The molecule has 0 saturated carbocycles. The van der Waals surface area contributed by atoms with E-state index in [4.69, 9.17) is 0 Å². The molecule has 1 aromatic carbocycles. The third-order valence-corrected chi connectivity index (χ3v) is 4.47. The third-order valence-electron chi connectivity index (χ3n) is 2.98. The summed E-state index contributed by atoms with van der Waals surface area (Å²) in [5.74, 6) is -0.747. The molecule has 0 unspecified atom stereocenters. The lowest BCUT2D eigenvalue weighted by atomic mass is 10.1. The lowest BCUT2D eigenvalue weighted by Gasteiger charge is -2.18. The molecule has 0 bridgehead atoms. The summed E-state index contributed by atoms with van der Waals surface area (Å²) in [7, 11) is -3.01. The second-order valence-corrected chi connectivity index (χ2v) is 7.06. The summed E-state index contributed by atoms with van der Waals surface area (Å²) in [6.45, 7) is 3.59. The van der Waals surface area contributed by atoms with Gasteiger partial charge in [0.15, 0.2) is 0 Å². The predicted octanol–water partition coefficient (Wildman–Crippen LogP) is 2.57. The second kappa shape index (κ2) is 7.31. The van der Waals surface area contributed by atoms with E-state index in [2.05, 4.69) is 9.46 Å². The molecule has 9 heteroatoms. The fourth-order valence-electron chi connectivity index (χ4n) is 1.88. The Hall–Kier alpha value is -1.61. The van der Waals surface area contributed by atoms with E-state index < -0.39 is 33.8 Å². The van der Waals surface area contributed by atoms with E-state index >= 15 is 0 Å². The van der Waals surface area contributed by atoms with Crippen molar-refractivity contribution < 1.29 is 31.1 Å². The van der Waals surface area contributed by atoms with Crippen molar-refractivity contribution in [1.29, 1.82) is 0 Å². The third kappa shape index (κ3) is 5.51. The molecule has 23 heavy (non-hydrogen) atoms. The van der Waals surface area contributed by atoms with Crippen molar-refractivity contribution in [1.82, 2.24) is 4.72 Å². The van der Waals surface area contributed by atoms with E-state index in [0.717, 1.165) is 19.2 Å². The SMILES string of the molecule is COC(=O)[C@H](CC(C)C)NS(=O)(=O)c1ccc(C(F)(F)F)cc1. The zero-order valence-corrected chi connectivity index (χ0v) is 13.7. The van der Waals surface area contributed by atoms with Crippen LogP contribution in [0.5, 0.6) is 0 Å². The van der Waals surface area contributed by atoms with Crippen molar-refractivity contribution in [3.8, 4) is 0 Å². The summed E-state index contributed by atoms with van der Waals surface area (Å²) in [6.07, 6.45) is -4.35. The number of sulfonamides is 1. The number of ether oxygens (including phenoxy) is 1. The molecule has 130 valence electrons. The average molecular weight is 353 g/mol. The molecule has 1 rings (SSSR count). The molecule has 0 amide bonds. The van der Waals surface area contributed by atoms with Crippen LogP contribution in [-0.4, -0.2) is 27.5 Å². The summed E-state index contributed by atoms with van der Waals surface area (Å²) in [6, 6.07) is 1.92. The largest absolute Gasteiger partial charge is 0.468 e. The quantitative estimate of drug-likeness (QED) is 0.798. The monoisotopic (exact) mass is 353 g/mol. The van der Waals surface area contributed by atoms with Crippen molar-refractivity contribution in [2.24, 2.45) is 5.92 Å². The first-order valence-electron chi connectivity index (χ1n) is 6.74. The van der Waals surface area contributed by atoms with Gasteiger partial charge in [0, 0.05) is 0 Å². The van der Waals surface area contributed by atoms with Gasteiger partial charge in [0.1, 0.15) is 6.04 Å². The smallest absolute Gasteiger partial charge is 0.416 e. The average Bonchev–Trinajstić information content (AvgIpc) is 2.44. The van der Waals surface area contributed by atoms with Crippen LogP contribution in [0.2, 0.25) is 0 Å². The number of esters is 1. The molecule has 1 atom stereocenters. The van der Waals surface area contributed by atoms with Crippen molar-refractivity contribution in [3.63, 3.8) is 0 Å². The number of nitrogens with one attached hydrogen (secondary N) is 1. The second-order valence-electron chi connectivity index (χ2n) is 5.35. The van der Waals surface area contributed by atoms with Crippen LogP contribution in [0.4, 0.5) is 13.2 Å². The number of benzene rings is 1. The van der Waals surface area contributed by atoms with Crippen LogP contribution in [-0.2, 0) is 25.7 Å². The number of methoxy groups -OCH3 is 1. The Labute approximate surface area is 132 Å². The Morgan fingerprint density at radius 1 is 1.22 bits per heavy atom. The van der Waals surface area contributed by atoms with E-state index in [1.165, 1.54) is 0 Å². The van der Waals surface area contributed by atoms with Crippen LogP contribution in [0.25, 0.3) is 0 Å². The molecule has 0 fully saturated rings. The first-order chi connectivity index (χ1) is 10.5. The first-order valence-corrected chi connectivity index (χ1v) is 8.23. The Balaban J connectivity index is 3.03. The highest BCUT2D eigenvalue weighted by Crippen LogP contribution is 2.29. The molecular formula is C14H18F3NO4S. The zero-order chi connectivity index (χ0) is 17.8. The highest BCUT2D eigenvalue weighted by molar-refractivity contribution is 7.89. The maximum atomic E-state index is 12.5. The minimum absolute atomic E-state index is 0.00871. The van der Waals surface area contributed by atoms with Crippen LogP contribution in [0.1, 0.15) is 25.8 Å². The standard InChI is InChI=1S/C14H18F3NO4S/c1-9(2)8-12(13(19)22-3)18-23(20,21)11-6-4-10(5-7-11)14(15,16)17/h4-7,9,12,18H,8H2,1-3H3/t12-/m0/s1. The zero-order valence-electron chi connectivity index (χ0n) is 12.8. The lowest BCUT2D eigenvalue weighted by molar-refractivity contribution is -0.143. The van der Waals surface area contributed by atoms with Crippen molar-refractivity contribution in [2.75, 3.05) is 7.11 Å². The van der Waals surface area contributed by atoms with E-state index in [-0.39, 0.29) is 17.2 Å². The van der Waals surface area contributed by atoms with Gasteiger partial charge in [-0.25, -0.2) is 8.42 Å². The number of carbonyl (C=O) groups is 1. The van der Waals surface area contributed by atoms with Gasteiger partial charge in [0.05, 0.1) is 17.6 Å². The van der Waals surface area contributed by atoms with E-state index in [1.54, 1.807) is 13.8 Å². The summed E-state index contributed by atoms with van der Waals surface area (Å²) >= 11 is 0. The molecule has 0 aliphatic carbocycles. The topological polar surface area (TPSA) is 72.5 Å². The van der Waals surface area contributed by atoms with Crippen LogP contribution in [0.3, 0.4) is 0 Å². The summed E-state index contributed by atoms with van der Waals surface area (Å²) in [5.41, 5.74) is -0.955. The first kappa shape index (κ1) is 19.4. The van der Waals surface area contributed by atoms with Crippen LogP contribution < -0.4 is 4.72 Å².